The van der Waals surface area contributed by atoms with Gasteiger partial charge in [-0.25, -0.2) is 4.79 Å². The van der Waals surface area contributed by atoms with Crippen LogP contribution in [0.25, 0.3) is 0 Å². The number of ether oxygens (including phenoxy) is 2. The molecule has 1 aromatic carbocycles. The summed E-state index contributed by atoms with van der Waals surface area (Å²) in [5.41, 5.74) is 2.12. The van der Waals surface area contributed by atoms with Gasteiger partial charge in [0, 0.05) is 6.08 Å². The molecule has 0 saturated carbocycles. The fourth-order valence-electron chi connectivity index (χ4n) is 1.33. The molecular formula is C14H18O3. The van der Waals surface area contributed by atoms with E-state index in [1.807, 2.05) is 37.3 Å². The fourth-order valence-corrected chi connectivity index (χ4v) is 1.33. The average molecular weight is 234 g/mol. The minimum Gasteiger partial charge on any atom is -0.466 e. The highest BCUT2D eigenvalue weighted by Crippen LogP contribution is 2.04. The maximum Gasteiger partial charge on any atom is 0.330 e. The van der Waals surface area contributed by atoms with Crippen molar-refractivity contribution in [2.75, 3.05) is 13.7 Å². The predicted molar refractivity (Wildman–Crippen MR) is 66.5 cm³/mol. The monoisotopic (exact) mass is 234 g/mol. The van der Waals surface area contributed by atoms with E-state index in [1.54, 1.807) is 0 Å². The van der Waals surface area contributed by atoms with E-state index in [0.29, 0.717) is 13.2 Å². The van der Waals surface area contributed by atoms with Gasteiger partial charge in [-0.1, -0.05) is 35.9 Å². The first-order valence-corrected chi connectivity index (χ1v) is 5.59. The van der Waals surface area contributed by atoms with E-state index in [9.17, 15) is 4.79 Å². The first-order valence-electron chi connectivity index (χ1n) is 5.59. The van der Waals surface area contributed by atoms with Crippen molar-refractivity contribution in [2.45, 2.75) is 20.0 Å². The van der Waals surface area contributed by atoms with Crippen molar-refractivity contribution in [3.63, 3.8) is 0 Å². The van der Waals surface area contributed by atoms with Crippen LogP contribution in [-0.4, -0.2) is 19.7 Å². The molecule has 0 amide bonds. The standard InChI is InChI=1S/C14H18O3/c1-12(10-14(15)16-2)8-9-17-11-13-6-4-3-5-7-13/h3-7,10H,8-9,11H2,1-2H3/b12-10+. The van der Waals surface area contributed by atoms with Crippen LogP contribution in [0.2, 0.25) is 0 Å². The molecule has 0 radical (unpaired) electrons. The molecule has 0 aliphatic heterocycles. The molecule has 0 heterocycles. The Morgan fingerprint density at radius 3 is 2.65 bits per heavy atom. The van der Waals surface area contributed by atoms with Crippen LogP contribution in [0.5, 0.6) is 0 Å². The lowest BCUT2D eigenvalue weighted by molar-refractivity contribution is -0.134. The molecule has 0 fully saturated rings. The van der Waals surface area contributed by atoms with Crippen molar-refractivity contribution in [2.24, 2.45) is 0 Å². The highest BCUT2D eigenvalue weighted by molar-refractivity contribution is 5.82. The second-order valence-corrected chi connectivity index (χ2v) is 3.80. The molecule has 3 heteroatoms. The number of esters is 1. The zero-order valence-electron chi connectivity index (χ0n) is 10.3. The molecule has 0 saturated heterocycles. The lowest BCUT2D eigenvalue weighted by Crippen LogP contribution is -1.99. The van der Waals surface area contributed by atoms with Gasteiger partial charge in [0.2, 0.25) is 0 Å². The smallest absolute Gasteiger partial charge is 0.330 e. The SMILES string of the molecule is COC(=O)/C=C(\C)CCOCc1ccccc1. The normalized spacial score (nSPS) is 11.3. The van der Waals surface area contributed by atoms with Crippen LogP contribution >= 0.6 is 0 Å². The van der Waals surface area contributed by atoms with Crippen molar-refractivity contribution < 1.29 is 14.3 Å². The number of carbonyl (C=O) groups is 1. The molecule has 1 rings (SSSR count). The Labute approximate surface area is 102 Å². The highest BCUT2D eigenvalue weighted by Gasteiger charge is 1.97. The molecular weight excluding hydrogens is 216 g/mol. The van der Waals surface area contributed by atoms with Gasteiger partial charge in [-0.3, -0.25) is 0 Å². The summed E-state index contributed by atoms with van der Waals surface area (Å²) >= 11 is 0. The Bertz CT molecular complexity index is 368. The summed E-state index contributed by atoms with van der Waals surface area (Å²) in [6.07, 6.45) is 2.23. The summed E-state index contributed by atoms with van der Waals surface area (Å²) in [5.74, 6) is -0.314. The van der Waals surface area contributed by atoms with E-state index in [4.69, 9.17) is 4.74 Å². The molecule has 17 heavy (non-hydrogen) atoms. The number of hydrogen-bond acceptors (Lipinski definition) is 3. The van der Waals surface area contributed by atoms with Crippen molar-refractivity contribution in [3.05, 3.63) is 47.5 Å². The number of benzene rings is 1. The van der Waals surface area contributed by atoms with Crippen molar-refractivity contribution in [1.82, 2.24) is 0 Å². The van der Waals surface area contributed by atoms with Gasteiger partial charge in [0.05, 0.1) is 20.3 Å². The van der Waals surface area contributed by atoms with Crippen LogP contribution in [0.1, 0.15) is 18.9 Å². The topological polar surface area (TPSA) is 35.5 Å². The number of methoxy groups -OCH3 is 1. The van der Waals surface area contributed by atoms with Crippen LogP contribution in [0.4, 0.5) is 0 Å². The molecule has 0 aliphatic carbocycles. The fraction of sp³-hybridized carbons (Fsp3) is 0.357. The summed E-state index contributed by atoms with van der Waals surface area (Å²) < 4.78 is 10.1. The van der Waals surface area contributed by atoms with Gasteiger partial charge in [0.25, 0.3) is 0 Å². The van der Waals surface area contributed by atoms with Crippen LogP contribution in [0.3, 0.4) is 0 Å². The average Bonchev–Trinajstić information content (AvgIpc) is 2.36. The Hall–Kier alpha value is -1.61. The first kappa shape index (κ1) is 13.5. The minimum atomic E-state index is -0.314. The van der Waals surface area contributed by atoms with Gasteiger partial charge >= 0.3 is 5.97 Å². The summed E-state index contributed by atoms with van der Waals surface area (Å²) in [4.78, 5) is 10.9. The van der Waals surface area contributed by atoms with Gasteiger partial charge < -0.3 is 9.47 Å². The Morgan fingerprint density at radius 1 is 1.29 bits per heavy atom. The molecule has 0 aliphatic rings. The van der Waals surface area contributed by atoms with E-state index in [1.165, 1.54) is 13.2 Å². The lowest BCUT2D eigenvalue weighted by Gasteiger charge is -2.04. The lowest BCUT2D eigenvalue weighted by atomic mass is 10.2. The molecule has 0 aromatic heterocycles. The van der Waals surface area contributed by atoms with Crippen LogP contribution in [0.15, 0.2) is 42.0 Å². The summed E-state index contributed by atoms with van der Waals surface area (Å²) in [7, 11) is 1.37. The highest BCUT2D eigenvalue weighted by atomic mass is 16.5. The molecule has 0 N–H and O–H groups in total. The molecule has 0 atom stereocenters. The summed E-state index contributed by atoms with van der Waals surface area (Å²) in [5, 5.41) is 0. The minimum absolute atomic E-state index is 0.314. The van der Waals surface area contributed by atoms with Gasteiger partial charge in [0.15, 0.2) is 0 Å². The number of hydrogen-bond donors (Lipinski definition) is 0. The Kier molecular flexibility index (Phi) is 6.04. The maximum absolute atomic E-state index is 10.9. The maximum atomic E-state index is 10.9. The van der Waals surface area contributed by atoms with Gasteiger partial charge in [0.1, 0.15) is 0 Å². The van der Waals surface area contributed by atoms with E-state index < -0.39 is 0 Å². The molecule has 92 valence electrons. The largest absolute Gasteiger partial charge is 0.466 e. The molecule has 0 bridgehead atoms. The Balaban J connectivity index is 2.20. The number of rotatable bonds is 6. The molecule has 3 nitrogen and oxygen atoms in total. The van der Waals surface area contributed by atoms with E-state index in [-0.39, 0.29) is 5.97 Å². The second-order valence-electron chi connectivity index (χ2n) is 3.80. The van der Waals surface area contributed by atoms with Crippen LogP contribution in [-0.2, 0) is 20.9 Å². The Morgan fingerprint density at radius 2 is 2.00 bits per heavy atom. The predicted octanol–water partition coefficient (Wildman–Crippen LogP) is 2.71. The third-order valence-corrected chi connectivity index (χ3v) is 2.32. The third kappa shape index (κ3) is 5.88. The molecule has 0 spiro atoms. The second kappa shape index (κ2) is 7.63. The molecule has 0 unspecified atom stereocenters. The number of carbonyl (C=O) groups excluding carboxylic acids is 1. The van der Waals surface area contributed by atoms with Gasteiger partial charge in [-0.15, -0.1) is 0 Å². The van der Waals surface area contributed by atoms with Crippen LogP contribution < -0.4 is 0 Å². The summed E-state index contributed by atoms with van der Waals surface area (Å²) in [6, 6.07) is 10.0. The van der Waals surface area contributed by atoms with Crippen molar-refractivity contribution in [3.8, 4) is 0 Å². The van der Waals surface area contributed by atoms with Crippen molar-refractivity contribution in [1.29, 1.82) is 0 Å². The zero-order chi connectivity index (χ0) is 12.5. The third-order valence-electron chi connectivity index (χ3n) is 2.32. The summed E-state index contributed by atoms with van der Waals surface area (Å²) in [6.45, 7) is 3.10. The zero-order valence-corrected chi connectivity index (χ0v) is 10.3. The van der Waals surface area contributed by atoms with E-state index >= 15 is 0 Å². The molecule has 1 aromatic rings. The van der Waals surface area contributed by atoms with Gasteiger partial charge in [-0.05, 0) is 18.9 Å². The first-order chi connectivity index (χ1) is 8.22. The van der Waals surface area contributed by atoms with Gasteiger partial charge in [-0.2, -0.15) is 0 Å². The van der Waals surface area contributed by atoms with E-state index in [0.717, 1.165) is 17.6 Å². The van der Waals surface area contributed by atoms with Crippen LogP contribution in [0, 0.1) is 0 Å². The van der Waals surface area contributed by atoms with Crippen molar-refractivity contribution >= 4 is 5.97 Å². The van der Waals surface area contributed by atoms with E-state index in [2.05, 4.69) is 4.74 Å². The quantitative estimate of drug-likeness (QED) is 0.431.